The van der Waals surface area contributed by atoms with E-state index in [0.29, 0.717) is 18.4 Å². The highest BCUT2D eigenvalue weighted by Crippen LogP contribution is 2.15. The van der Waals surface area contributed by atoms with Gasteiger partial charge in [0, 0.05) is 25.6 Å². The summed E-state index contributed by atoms with van der Waals surface area (Å²) in [4.78, 5) is 2.33. The summed E-state index contributed by atoms with van der Waals surface area (Å²) in [7, 11) is 0. The molecule has 0 radical (unpaired) electrons. The molecule has 0 amide bonds. The van der Waals surface area contributed by atoms with Crippen molar-refractivity contribution in [3.8, 4) is 0 Å². The largest absolute Gasteiger partial charge is 0.396 e. The summed E-state index contributed by atoms with van der Waals surface area (Å²) in [5.74, 6) is 1.20. The summed E-state index contributed by atoms with van der Waals surface area (Å²) < 4.78 is 0. The first-order chi connectivity index (χ1) is 5.36. The summed E-state index contributed by atoms with van der Waals surface area (Å²) in [5, 5.41) is 8.92. The van der Waals surface area contributed by atoms with Crippen LogP contribution >= 0.6 is 11.6 Å². The van der Waals surface area contributed by atoms with Gasteiger partial charge in [0.1, 0.15) is 0 Å². The van der Waals surface area contributed by atoms with Crippen LogP contribution in [0.15, 0.2) is 0 Å². The Bertz CT molecular complexity index is 108. The van der Waals surface area contributed by atoms with Crippen molar-refractivity contribution in [2.45, 2.75) is 12.8 Å². The van der Waals surface area contributed by atoms with Crippen LogP contribution < -0.4 is 0 Å². The molecule has 1 fully saturated rings. The van der Waals surface area contributed by atoms with E-state index >= 15 is 0 Å². The van der Waals surface area contributed by atoms with E-state index < -0.39 is 0 Å². The molecule has 0 aromatic carbocycles. The summed E-state index contributed by atoms with van der Waals surface area (Å²) in [6.07, 6.45) is 2.39. The van der Waals surface area contributed by atoms with Gasteiger partial charge in [0.05, 0.1) is 0 Å². The average Bonchev–Trinajstić information content (AvgIpc) is 2.06. The number of alkyl halides is 1. The molecule has 1 saturated heterocycles. The highest BCUT2D eigenvalue weighted by atomic mass is 35.5. The quantitative estimate of drug-likeness (QED) is 0.649. The molecule has 1 aliphatic rings. The fourth-order valence-electron chi connectivity index (χ4n) is 1.62. The van der Waals surface area contributed by atoms with Gasteiger partial charge in [-0.05, 0) is 25.3 Å². The molecule has 0 aromatic rings. The third-order valence-electron chi connectivity index (χ3n) is 2.26. The third-order valence-corrected chi connectivity index (χ3v) is 2.43. The first kappa shape index (κ1) is 9.30. The van der Waals surface area contributed by atoms with Crippen molar-refractivity contribution >= 4 is 11.6 Å². The van der Waals surface area contributed by atoms with Crippen molar-refractivity contribution in [3.05, 3.63) is 0 Å². The zero-order chi connectivity index (χ0) is 8.10. The number of halogens is 1. The van der Waals surface area contributed by atoms with Gasteiger partial charge in [-0.2, -0.15) is 0 Å². The Morgan fingerprint density at radius 1 is 1.55 bits per heavy atom. The standard InChI is InChI=1S/C8H16ClNO/c9-3-5-10-4-1-2-8(6-10)7-11/h8,11H,1-7H2. The van der Waals surface area contributed by atoms with Gasteiger partial charge < -0.3 is 10.0 Å². The monoisotopic (exact) mass is 177 g/mol. The van der Waals surface area contributed by atoms with Gasteiger partial charge in [-0.25, -0.2) is 0 Å². The molecule has 1 atom stereocenters. The van der Waals surface area contributed by atoms with Gasteiger partial charge in [-0.15, -0.1) is 11.6 Å². The lowest BCUT2D eigenvalue weighted by molar-refractivity contribution is 0.125. The Morgan fingerprint density at radius 2 is 2.36 bits per heavy atom. The number of hydrogen-bond donors (Lipinski definition) is 1. The fourth-order valence-corrected chi connectivity index (χ4v) is 1.86. The smallest absolute Gasteiger partial charge is 0.0471 e. The summed E-state index contributed by atoms with van der Waals surface area (Å²) in [6.45, 7) is 3.49. The molecule has 1 N–H and O–H groups in total. The van der Waals surface area contributed by atoms with Crippen LogP contribution in [0.3, 0.4) is 0 Å². The molecule has 2 nitrogen and oxygen atoms in total. The van der Waals surface area contributed by atoms with E-state index in [1.165, 1.54) is 12.8 Å². The van der Waals surface area contributed by atoms with Gasteiger partial charge in [0.25, 0.3) is 0 Å². The van der Waals surface area contributed by atoms with E-state index in [-0.39, 0.29) is 0 Å². The molecule has 11 heavy (non-hydrogen) atoms. The van der Waals surface area contributed by atoms with Crippen LogP contribution in [0.4, 0.5) is 0 Å². The number of aliphatic hydroxyl groups excluding tert-OH is 1. The number of rotatable bonds is 3. The molecule has 0 spiro atoms. The molecule has 0 aromatic heterocycles. The second-order valence-corrected chi connectivity index (χ2v) is 3.56. The maximum atomic E-state index is 8.92. The Labute approximate surface area is 73.1 Å². The van der Waals surface area contributed by atoms with Crippen LogP contribution in [-0.4, -0.2) is 42.1 Å². The predicted octanol–water partition coefficient (Wildman–Crippen LogP) is 0.929. The van der Waals surface area contributed by atoms with E-state index in [4.69, 9.17) is 16.7 Å². The van der Waals surface area contributed by atoms with E-state index in [0.717, 1.165) is 19.6 Å². The molecule has 0 saturated carbocycles. The number of likely N-dealkylation sites (tertiary alicyclic amines) is 1. The molecular weight excluding hydrogens is 162 g/mol. The van der Waals surface area contributed by atoms with Crippen LogP contribution in [0.5, 0.6) is 0 Å². The number of nitrogens with zero attached hydrogens (tertiary/aromatic N) is 1. The van der Waals surface area contributed by atoms with Crippen LogP contribution in [0.1, 0.15) is 12.8 Å². The first-order valence-corrected chi connectivity index (χ1v) is 4.79. The lowest BCUT2D eigenvalue weighted by atomic mass is 9.99. The minimum atomic E-state index is 0.332. The highest BCUT2D eigenvalue weighted by molar-refractivity contribution is 6.18. The lowest BCUT2D eigenvalue weighted by Crippen LogP contribution is -2.37. The molecule has 1 unspecified atom stereocenters. The van der Waals surface area contributed by atoms with E-state index in [2.05, 4.69) is 4.90 Å². The van der Waals surface area contributed by atoms with Crippen molar-refractivity contribution < 1.29 is 5.11 Å². The Balaban J connectivity index is 2.21. The van der Waals surface area contributed by atoms with Crippen molar-refractivity contribution in [1.82, 2.24) is 4.90 Å². The molecule has 1 rings (SSSR count). The van der Waals surface area contributed by atoms with Crippen LogP contribution in [0, 0.1) is 5.92 Å². The van der Waals surface area contributed by atoms with Crippen molar-refractivity contribution in [2.24, 2.45) is 5.92 Å². The summed E-state index contributed by atoms with van der Waals surface area (Å²) >= 11 is 5.62. The van der Waals surface area contributed by atoms with Gasteiger partial charge in [0.2, 0.25) is 0 Å². The zero-order valence-electron chi connectivity index (χ0n) is 6.80. The Morgan fingerprint density at radius 3 is 3.00 bits per heavy atom. The molecule has 1 aliphatic heterocycles. The predicted molar refractivity (Wildman–Crippen MR) is 47.0 cm³/mol. The SMILES string of the molecule is OCC1CCCN(CCCl)C1. The summed E-state index contributed by atoms with van der Waals surface area (Å²) in [6, 6.07) is 0. The second kappa shape index (κ2) is 4.96. The number of piperidine rings is 1. The van der Waals surface area contributed by atoms with Gasteiger partial charge >= 0.3 is 0 Å². The van der Waals surface area contributed by atoms with E-state index in [1.807, 2.05) is 0 Å². The molecule has 66 valence electrons. The fraction of sp³-hybridized carbons (Fsp3) is 1.00. The Kier molecular flexibility index (Phi) is 4.20. The number of aliphatic hydroxyl groups is 1. The van der Waals surface area contributed by atoms with Crippen LogP contribution in [0.25, 0.3) is 0 Å². The van der Waals surface area contributed by atoms with Crippen molar-refractivity contribution in [2.75, 3.05) is 32.1 Å². The zero-order valence-corrected chi connectivity index (χ0v) is 7.56. The second-order valence-electron chi connectivity index (χ2n) is 3.18. The first-order valence-electron chi connectivity index (χ1n) is 4.26. The van der Waals surface area contributed by atoms with Crippen LogP contribution in [0.2, 0.25) is 0 Å². The maximum absolute atomic E-state index is 8.92. The molecule has 3 heteroatoms. The number of hydrogen-bond acceptors (Lipinski definition) is 2. The van der Waals surface area contributed by atoms with Gasteiger partial charge in [0.15, 0.2) is 0 Å². The van der Waals surface area contributed by atoms with E-state index in [9.17, 15) is 0 Å². The molecular formula is C8H16ClNO. The van der Waals surface area contributed by atoms with Crippen LogP contribution in [-0.2, 0) is 0 Å². The lowest BCUT2D eigenvalue weighted by Gasteiger charge is -2.30. The van der Waals surface area contributed by atoms with Gasteiger partial charge in [-0.1, -0.05) is 0 Å². The minimum Gasteiger partial charge on any atom is -0.396 e. The maximum Gasteiger partial charge on any atom is 0.0471 e. The molecule has 0 bridgehead atoms. The minimum absolute atomic E-state index is 0.332. The highest BCUT2D eigenvalue weighted by Gasteiger charge is 2.17. The molecule has 0 aliphatic carbocycles. The summed E-state index contributed by atoms with van der Waals surface area (Å²) in [5.41, 5.74) is 0. The normalized spacial score (nSPS) is 27.3. The Hall–Kier alpha value is 0.210. The van der Waals surface area contributed by atoms with E-state index in [1.54, 1.807) is 0 Å². The van der Waals surface area contributed by atoms with Gasteiger partial charge in [-0.3, -0.25) is 0 Å². The van der Waals surface area contributed by atoms with Crippen molar-refractivity contribution in [1.29, 1.82) is 0 Å². The third kappa shape index (κ3) is 2.97. The van der Waals surface area contributed by atoms with Crippen molar-refractivity contribution in [3.63, 3.8) is 0 Å². The average molecular weight is 178 g/mol. The molecule has 1 heterocycles. The topological polar surface area (TPSA) is 23.5 Å².